The first kappa shape index (κ1) is 12.5. The zero-order chi connectivity index (χ0) is 13.1. The summed E-state index contributed by atoms with van der Waals surface area (Å²) in [4.78, 5) is 14.2. The van der Waals surface area contributed by atoms with Crippen molar-refractivity contribution in [2.45, 2.75) is 19.9 Å². The smallest absolute Gasteiger partial charge is 0.231 e. The van der Waals surface area contributed by atoms with Gasteiger partial charge in [-0.3, -0.25) is 4.79 Å². The molecule has 0 saturated carbocycles. The standard InChI is InChI=1S/C14H17NO3/c1-4-15(5-2)10(3)14(16)11-6-7-12-13(8-11)18-9-17-12/h4,6-8,10H,1,5,9H2,2-3H3. The SMILES string of the molecule is C=CN(CC)C(C)C(=O)c1ccc2c(c1)OCO2. The lowest BCUT2D eigenvalue weighted by atomic mass is 10.0. The second-order valence-electron chi connectivity index (χ2n) is 4.12. The van der Waals surface area contributed by atoms with Crippen LogP contribution in [-0.2, 0) is 0 Å². The summed E-state index contributed by atoms with van der Waals surface area (Å²) in [6.07, 6.45) is 1.69. The van der Waals surface area contributed by atoms with Gasteiger partial charge in [-0.05, 0) is 38.2 Å². The highest BCUT2D eigenvalue weighted by Gasteiger charge is 2.22. The van der Waals surface area contributed by atoms with E-state index >= 15 is 0 Å². The Morgan fingerprint density at radius 1 is 1.50 bits per heavy atom. The van der Waals surface area contributed by atoms with Crippen LogP contribution in [0.3, 0.4) is 0 Å². The molecule has 1 unspecified atom stereocenters. The normalized spacial score (nSPS) is 14.1. The predicted molar refractivity (Wildman–Crippen MR) is 68.9 cm³/mol. The molecular formula is C14H17NO3. The zero-order valence-corrected chi connectivity index (χ0v) is 10.7. The van der Waals surface area contributed by atoms with Crippen molar-refractivity contribution in [3.63, 3.8) is 0 Å². The molecule has 0 fully saturated rings. The summed E-state index contributed by atoms with van der Waals surface area (Å²) in [5.41, 5.74) is 0.632. The molecule has 1 heterocycles. The molecule has 1 aromatic rings. The fraction of sp³-hybridized carbons (Fsp3) is 0.357. The number of carbonyl (C=O) groups is 1. The monoisotopic (exact) mass is 247 g/mol. The fourth-order valence-corrected chi connectivity index (χ4v) is 2.00. The summed E-state index contributed by atoms with van der Waals surface area (Å²) in [5, 5.41) is 0. The predicted octanol–water partition coefficient (Wildman–Crippen LogP) is 2.45. The van der Waals surface area contributed by atoms with Crippen LogP contribution in [-0.4, -0.2) is 30.1 Å². The Balaban J connectivity index is 2.21. The van der Waals surface area contributed by atoms with Crippen LogP contribution in [0.1, 0.15) is 24.2 Å². The highest BCUT2D eigenvalue weighted by atomic mass is 16.7. The van der Waals surface area contributed by atoms with Crippen LogP contribution < -0.4 is 9.47 Å². The van der Waals surface area contributed by atoms with Gasteiger partial charge in [-0.2, -0.15) is 0 Å². The van der Waals surface area contributed by atoms with E-state index in [-0.39, 0.29) is 18.6 Å². The first-order valence-electron chi connectivity index (χ1n) is 5.99. The molecule has 0 radical (unpaired) electrons. The van der Waals surface area contributed by atoms with Crippen molar-refractivity contribution in [2.75, 3.05) is 13.3 Å². The van der Waals surface area contributed by atoms with Gasteiger partial charge >= 0.3 is 0 Å². The van der Waals surface area contributed by atoms with Crippen molar-refractivity contribution in [3.05, 3.63) is 36.5 Å². The van der Waals surface area contributed by atoms with E-state index in [2.05, 4.69) is 6.58 Å². The largest absolute Gasteiger partial charge is 0.454 e. The van der Waals surface area contributed by atoms with Crippen molar-refractivity contribution in [1.82, 2.24) is 4.90 Å². The number of ether oxygens (including phenoxy) is 2. The molecule has 4 nitrogen and oxygen atoms in total. The van der Waals surface area contributed by atoms with Crippen molar-refractivity contribution >= 4 is 5.78 Å². The number of likely N-dealkylation sites (N-methyl/N-ethyl adjacent to an activating group) is 1. The van der Waals surface area contributed by atoms with Crippen molar-refractivity contribution in [1.29, 1.82) is 0 Å². The number of benzene rings is 1. The number of rotatable bonds is 5. The van der Waals surface area contributed by atoms with Crippen molar-refractivity contribution in [3.8, 4) is 11.5 Å². The molecule has 0 N–H and O–H groups in total. The van der Waals surface area contributed by atoms with Crippen LogP contribution >= 0.6 is 0 Å². The third kappa shape index (κ3) is 2.18. The Bertz CT molecular complexity index is 470. The van der Waals surface area contributed by atoms with Crippen LogP contribution in [0, 0.1) is 0 Å². The molecule has 1 aliphatic rings. The Labute approximate surface area is 107 Å². The number of nitrogens with zero attached hydrogens (tertiary/aromatic N) is 1. The van der Waals surface area contributed by atoms with Crippen LogP contribution in [0.4, 0.5) is 0 Å². The molecular weight excluding hydrogens is 230 g/mol. The maximum atomic E-state index is 12.3. The molecule has 2 rings (SSSR count). The Kier molecular flexibility index (Phi) is 3.55. The Hall–Kier alpha value is -1.97. The topological polar surface area (TPSA) is 38.8 Å². The third-order valence-electron chi connectivity index (χ3n) is 3.13. The van der Waals surface area contributed by atoms with E-state index in [1.165, 1.54) is 0 Å². The maximum absolute atomic E-state index is 12.3. The molecule has 96 valence electrons. The second kappa shape index (κ2) is 5.12. The van der Waals surface area contributed by atoms with Gasteiger partial charge in [0.1, 0.15) is 0 Å². The van der Waals surface area contributed by atoms with Gasteiger partial charge < -0.3 is 14.4 Å². The summed E-state index contributed by atoms with van der Waals surface area (Å²) in [7, 11) is 0. The van der Waals surface area contributed by atoms with Gasteiger partial charge in [-0.25, -0.2) is 0 Å². The first-order chi connectivity index (χ1) is 8.67. The van der Waals surface area contributed by atoms with E-state index in [0.717, 1.165) is 6.54 Å². The van der Waals surface area contributed by atoms with E-state index in [1.807, 2.05) is 18.7 Å². The van der Waals surface area contributed by atoms with Gasteiger partial charge in [0.15, 0.2) is 17.3 Å². The molecule has 18 heavy (non-hydrogen) atoms. The minimum Gasteiger partial charge on any atom is -0.454 e. The van der Waals surface area contributed by atoms with E-state index < -0.39 is 0 Å². The van der Waals surface area contributed by atoms with Crippen molar-refractivity contribution in [2.24, 2.45) is 0 Å². The average molecular weight is 247 g/mol. The van der Waals surface area contributed by atoms with Gasteiger partial charge in [0.05, 0.1) is 6.04 Å². The van der Waals surface area contributed by atoms with E-state index in [9.17, 15) is 4.79 Å². The molecule has 4 heteroatoms. The number of carbonyl (C=O) groups excluding carboxylic acids is 1. The molecule has 0 spiro atoms. The lowest BCUT2D eigenvalue weighted by molar-refractivity contribution is 0.0890. The lowest BCUT2D eigenvalue weighted by Gasteiger charge is -2.24. The van der Waals surface area contributed by atoms with Crippen LogP contribution in [0.15, 0.2) is 31.0 Å². The molecule has 1 aliphatic heterocycles. The summed E-state index contributed by atoms with van der Waals surface area (Å²) in [6.45, 7) is 8.55. The summed E-state index contributed by atoms with van der Waals surface area (Å²) in [5.74, 6) is 1.38. The summed E-state index contributed by atoms with van der Waals surface area (Å²) in [6, 6.07) is 5.04. The third-order valence-corrected chi connectivity index (χ3v) is 3.13. The quantitative estimate of drug-likeness (QED) is 0.749. The maximum Gasteiger partial charge on any atom is 0.231 e. The van der Waals surface area contributed by atoms with Crippen LogP contribution in [0.5, 0.6) is 11.5 Å². The molecule has 0 aromatic heterocycles. The number of hydrogen-bond acceptors (Lipinski definition) is 4. The van der Waals surface area contributed by atoms with Gasteiger partial charge in [0.2, 0.25) is 6.79 Å². The molecule has 0 saturated heterocycles. The van der Waals surface area contributed by atoms with Gasteiger partial charge in [0, 0.05) is 12.1 Å². The highest BCUT2D eigenvalue weighted by molar-refractivity contribution is 6.00. The van der Waals surface area contributed by atoms with Gasteiger partial charge in [0.25, 0.3) is 0 Å². The second-order valence-corrected chi connectivity index (χ2v) is 4.12. The molecule has 0 bridgehead atoms. The zero-order valence-electron chi connectivity index (χ0n) is 10.7. The molecule has 0 amide bonds. The van der Waals surface area contributed by atoms with Crippen LogP contribution in [0.2, 0.25) is 0 Å². The highest BCUT2D eigenvalue weighted by Crippen LogP contribution is 2.32. The molecule has 1 aromatic carbocycles. The van der Waals surface area contributed by atoms with Gasteiger partial charge in [-0.15, -0.1) is 0 Å². The average Bonchev–Trinajstić information content (AvgIpc) is 2.86. The minimum absolute atomic E-state index is 0.0510. The minimum atomic E-state index is -0.229. The number of ketones is 1. The Morgan fingerprint density at radius 3 is 2.89 bits per heavy atom. The van der Waals surface area contributed by atoms with Crippen molar-refractivity contribution < 1.29 is 14.3 Å². The van der Waals surface area contributed by atoms with E-state index in [1.54, 1.807) is 24.4 Å². The van der Waals surface area contributed by atoms with Crippen LogP contribution in [0.25, 0.3) is 0 Å². The van der Waals surface area contributed by atoms with Gasteiger partial charge in [-0.1, -0.05) is 6.58 Å². The molecule has 0 aliphatic carbocycles. The fourth-order valence-electron chi connectivity index (χ4n) is 2.00. The summed E-state index contributed by atoms with van der Waals surface area (Å²) < 4.78 is 10.5. The Morgan fingerprint density at radius 2 is 2.22 bits per heavy atom. The molecule has 1 atom stereocenters. The van der Waals surface area contributed by atoms with E-state index in [4.69, 9.17) is 9.47 Å². The first-order valence-corrected chi connectivity index (χ1v) is 5.99. The number of hydrogen-bond donors (Lipinski definition) is 0. The summed E-state index contributed by atoms with van der Waals surface area (Å²) >= 11 is 0. The number of Topliss-reactive ketones (excluding diaryl/α,β-unsaturated/α-hetero) is 1. The van der Waals surface area contributed by atoms with E-state index in [0.29, 0.717) is 17.1 Å². The lowest BCUT2D eigenvalue weighted by Crippen LogP contribution is -2.34. The number of fused-ring (bicyclic) bond motifs is 1.